The Labute approximate surface area is 157 Å². The smallest absolute Gasteiger partial charge is 0.241 e. The molecule has 148 valence electrons. The number of nitrogens with zero attached hydrogens (tertiary/aromatic N) is 2. The summed E-state index contributed by atoms with van der Waals surface area (Å²) in [5, 5.41) is 0. The SMILES string of the molecule is CCCS(=O)(=O)N1CCCC1C(=O)N1CCC(OCCCN)CC1.Cl. The summed E-state index contributed by atoms with van der Waals surface area (Å²) in [6.45, 7) is 4.90. The van der Waals surface area contributed by atoms with Gasteiger partial charge in [0.25, 0.3) is 0 Å². The molecule has 1 atom stereocenters. The second kappa shape index (κ2) is 10.7. The van der Waals surface area contributed by atoms with Crippen molar-refractivity contribution in [3.05, 3.63) is 0 Å². The van der Waals surface area contributed by atoms with Crippen LogP contribution in [0.25, 0.3) is 0 Å². The van der Waals surface area contributed by atoms with Gasteiger partial charge in [0.1, 0.15) is 6.04 Å². The van der Waals surface area contributed by atoms with Crippen LogP contribution in [0.1, 0.15) is 45.4 Å². The molecule has 2 saturated heterocycles. The lowest BCUT2D eigenvalue weighted by Gasteiger charge is -2.35. The third kappa shape index (κ3) is 6.06. The van der Waals surface area contributed by atoms with Crippen molar-refractivity contribution in [1.82, 2.24) is 9.21 Å². The van der Waals surface area contributed by atoms with Gasteiger partial charge in [0.2, 0.25) is 15.9 Å². The van der Waals surface area contributed by atoms with Crippen LogP contribution >= 0.6 is 12.4 Å². The quantitative estimate of drug-likeness (QED) is 0.616. The third-order valence-corrected chi connectivity index (χ3v) is 6.84. The van der Waals surface area contributed by atoms with E-state index in [1.165, 1.54) is 4.31 Å². The summed E-state index contributed by atoms with van der Waals surface area (Å²) >= 11 is 0. The van der Waals surface area contributed by atoms with Crippen molar-refractivity contribution in [1.29, 1.82) is 0 Å². The van der Waals surface area contributed by atoms with E-state index in [9.17, 15) is 13.2 Å². The molecule has 0 saturated carbocycles. The average Bonchev–Trinajstić information content (AvgIpc) is 3.06. The van der Waals surface area contributed by atoms with Gasteiger partial charge in [-0.3, -0.25) is 4.79 Å². The summed E-state index contributed by atoms with van der Waals surface area (Å²) in [5.41, 5.74) is 5.46. The molecule has 0 spiro atoms. The van der Waals surface area contributed by atoms with Crippen LogP contribution in [0.2, 0.25) is 0 Å². The molecule has 7 nitrogen and oxygen atoms in total. The highest BCUT2D eigenvalue weighted by Gasteiger charge is 2.40. The Morgan fingerprint density at radius 2 is 1.88 bits per heavy atom. The van der Waals surface area contributed by atoms with Crippen molar-refractivity contribution in [3.63, 3.8) is 0 Å². The van der Waals surface area contributed by atoms with E-state index in [-0.39, 0.29) is 30.2 Å². The van der Waals surface area contributed by atoms with Crippen LogP contribution in [-0.4, -0.2) is 74.2 Å². The van der Waals surface area contributed by atoms with Gasteiger partial charge >= 0.3 is 0 Å². The minimum atomic E-state index is -3.32. The lowest BCUT2D eigenvalue weighted by Crippen LogP contribution is -2.51. The molecule has 2 fully saturated rings. The van der Waals surface area contributed by atoms with Gasteiger partial charge in [0.05, 0.1) is 11.9 Å². The van der Waals surface area contributed by atoms with Crippen LogP contribution in [0.5, 0.6) is 0 Å². The van der Waals surface area contributed by atoms with Crippen LogP contribution < -0.4 is 5.73 Å². The Balaban J connectivity index is 0.00000312. The van der Waals surface area contributed by atoms with Crippen molar-refractivity contribution in [2.45, 2.75) is 57.6 Å². The summed E-state index contributed by atoms with van der Waals surface area (Å²) in [5.74, 6) is 0.0842. The fourth-order valence-corrected chi connectivity index (χ4v) is 5.22. The number of halogens is 1. The Kier molecular flexibility index (Phi) is 9.66. The van der Waals surface area contributed by atoms with E-state index >= 15 is 0 Å². The lowest BCUT2D eigenvalue weighted by atomic mass is 10.1. The number of rotatable bonds is 8. The molecular formula is C16H32ClN3O4S. The Hall–Kier alpha value is -0.410. The van der Waals surface area contributed by atoms with Gasteiger partial charge in [-0.25, -0.2) is 8.42 Å². The van der Waals surface area contributed by atoms with Gasteiger partial charge in [-0.2, -0.15) is 4.31 Å². The number of likely N-dealkylation sites (tertiary alicyclic amines) is 1. The number of hydrogen-bond donors (Lipinski definition) is 1. The van der Waals surface area contributed by atoms with E-state index in [1.54, 1.807) is 0 Å². The summed E-state index contributed by atoms with van der Waals surface area (Å²) in [6, 6.07) is -0.503. The molecular weight excluding hydrogens is 366 g/mol. The molecule has 1 unspecified atom stereocenters. The van der Waals surface area contributed by atoms with E-state index in [4.69, 9.17) is 10.5 Å². The maximum absolute atomic E-state index is 12.8. The minimum absolute atomic E-state index is 0. The monoisotopic (exact) mass is 397 g/mol. The zero-order chi connectivity index (χ0) is 17.6. The second-order valence-electron chi connectivity index (χ2n) is 6.62. The predicted molar refractivity (Wildman–Crippen MR) is 100 cm³/mol. The Morgan fingerprint density at radius 3 is 2.48 bits per heavy atom. The molecule has 0 bridgehead atoms. The molecule has 25 heavy (non-hydrogen) atoms. The summed E-state index contributed by atoms with van der Waals surface area (Å²) < 4.78 is 31.9. The molecule has 1 amide bonds. The van der Waals surface area contributed by atoms with Gasteiger partial charge in [0.15, 0.2) is 0 Å². The normalized spacial score (nSPS) is 22.8. The summed E-state index contributed by atoms with van der Waals surface area (Å²) in [7, 11) is -3.32. The van der Waals surface area contributed by atoms with Crippen LogP contribution in [0.3, 0.4) is 0 Å². The number of hydrogen-bond acceptors (Lipinski definition) is 5. The number of carbonyl (C=O) groups is 1. The summed E-state index contributed by atoms with van der Waals surface area (Å²) in [4.78, 5) is 14.6. The molecule has 2 rings (SSSR count). The van der Waals surface area contributed by atoms with Gasteiger partial charge < -0.3 is 15.4 Å². The van der Waals surface area contributed by atoms with Gasteiger partial charge in [-0.15, -0.1) is 12.4 Å². The number of carbonyl (C=O) groups excluding carboxylic acids is 1. The maximum Gasteiger partial charge on any atom is 0.241 e. The molecule has 2 heterocycles. The molecule has 0 aliphatic carbocycles. The highest BCUT2D eigenvalue weighted by Crippen LogP contribution is 2.25. The molecule has 0 aromatic rings. The topological polar surface area (TPSA) is 92.9 Å². The molecule has 2 N–H and O–H groups in total. The number of sulfonamides is 1. The third-order valence-electron chi connectivity index (χ3n) is 4.76. The largest absolute Gasteiger partial charge is 0.378 e. The van der Waals surface area contributed by atoms with E-state index in [0.29, 0.717) is 45.6 Å². The first-order valence-corrected chi connectivity index (χ1v) is 10.7. The first-order valence-electron chi connectivity index (χ1n) is 9.09. The standard InChI is InChI=1S/C16H31N3O4S.ClH/c1-2-13-24(21,22)19-9-3-5-15(19)16(20)18-10-6-14(7-11-18)23-12-4-8-17;/h14-15H,2-13,17H2,1H3;1H. The van der Waals surface area contributed by atoms with Gasteiger partial charge in [-0.1, -0.05) is 6.92 Å². The molecule has 2 aliphatic heterocycles. The minimum Gasteiger partial charge on any atom is -0.378 e. The molecule has 2 aliphatic rings. The molecule has 0 aromatic heterocycles. The van der Waals surface area contributed by atoms with Crippen LogP contribution in [0.15, 0.2) is 0 Å². The predicted octanol–water partition coefficient (Wildman–Crippen LogP) is 0.969. The van der Waals surface area contributed by atoms with Crippen molar-refractivity contribution in [2.75, 3.05) is 38.5 Å². The summed E-state index contributed by atoms with van der Waals surface area (Å²) in [6.07, 6.45) is 4.63. The maximum atomic E-state index is 12.8. The molecule has 0 aromatic carbocycles. The van der Waals surface area contributed by atoms with E-state index in [1.807, 2.05) is 11.8 Å². The number of amides is 1. The van der Waals surface area contributed by atoms with Crippen molar-refractivity contribution < 1.29 is 17.9 Å². The first-order chi connectivity index (χ1) is 11.5. The van der Waals surface area contributed by atoms with Crippen molar-refractivity contribution in [2.24, 2.45) is 5.73 Å². The highest BCUT2D eigenvalue weighted by atomic mass is 35.5. The zero-order valence-corrected chi connectivity index (χ0v) is 16.7. The second-order valence-corrected chi connectivity index (χ2v) is 8.66. The van der Waals surface area contributed by atoms with Crippen LogP contribution in [0, 0.1) is 0 Å². The first kappa shape index (κ1) is 22.6. The fraction of sp³-hybridized carbons (Fsp3) is 0.938. The Bertz CT molecular complexity index is 510. The van der Waals surface area contributed by atoms with E-state index in [2.05, 4.69) is 0 Å². The van der Waals surface area contributed by atoms with Crippen LogP contribution in [0.4, 0.5) is 0 Å². The van der Waals surface area contributed by atoms with Crippen molar-refractivity contribution >= 4 is 28.3 Å². The van der Waals surface area contributed by atoms with Crippen molar-refractivity contribution in [3.8, 4) is 0 Å². The fourth-order valence-electron chi connectivity index (χ4n) is 3.48. The molecule has 9 heteroatoms. The average molecular weight is 398 g/mol. The zero-order valence-electron chi connectivity index (χ0n) is 15.1. The Morgan fingerprint density at radius 1 is 1.20 bits per heavy atom. The lowest BCUT2D eigenvalue weighted by molar-refractivity contribution is -0.137. The highest BCUT2D eigenvalue weighted by molar-refractivity contribution is 7.89. The van der Waals surface area contributed by atoms with E-state index in [0.717, 1.165) is 25.7 Å². The number of piperidine rings is 1. The number of nitrogens with two attached hydrogens (primary N) is 1. The van der Waals surface area contributed by atoms with E-state index < -0.39 is 16.1 Å². The van der Waals surface area contributed by atoms with Gasteiger partial charge in [0, 0.05) is 26.2 Å². The number of ether oxygens (including phenoxy) is 1. The molecule has 0 radical (unpaired) electrons. The van der Waals surface area contributed by atoms with Gasteiger partial charge in [-0.05, 0) is 45.1 Å². The van der Waals surface area contributed by atoms with Crippen LogP contribution in [-0.2, 0) is 19.6 Å².